The Morgan fingerprint density at radius 3 is 2.09 bits per heavy atom. The second kappa shape index (κ2) is 9.51. The summed E-state index contributed by atoms with van der Waals surface area (Å²) in [5.41, 5.74) is 0.456. The van der Waals surface area contributed by atoms with Crippen molar-refractivity contribution in [2.75, 3.05) is 26.2 Å². The monoisotopic (exact) mass is 461 g/mol. The molecule has 0 N–H and O–H groups in total. The standard InChI is InChI=1S/C24H35N3O4S/c1-3-19-7-9-21(10-8-19)27(22-11-12-22)24(29)20-5-4-6-23(17-20)32(30,31)26-15-13-25(14-16-26)18(2)28/h4-6,17,19,21-22H,3,7-16H2,1-2H3. The van der Waals surface area contributed by atoms with Gasteiger partial charge in [-0.1, -0.05) is 19.4 Å². The first-order valence-electron chi connectivity index (χ1n) is 12.0. The van der Waals surface area contributed by atoms with E-state index in [1.54, 1.807) is 29.2 Å². The van der Waals surface area contributed by atoms with Gasteiger partial charge in [0.25, 0.3) is 5.91 Å². The van der Waals surface area contributed by atoms with Crippen molar-refractivity contribution in [3.8, 4) is 0 Å². The van der Waals surface area contributed by atoms with E-state index in [-0.39, 0.29) is 35.8 Å². The third-order valence-corrected chi connectivity index (χ3v) is 9.26. The number of benzene rings is 1. The molecule has 4 rings (SSSR count). The lowest BCUT2D eigenvalue weighted by Crippen LogP contribution is -2.50. The van der Waals surface area contributed by atoms with Crippen LogP contribution in [0.5, 0.6) is 0 Å². The molecule has 2 amide bonds. The van der Waals surface area contributed by atoms with Crippen molar-refractivity contribution in [3.05, 3.63) is 29.8 Å². The molecular weight excluding hydrogens is 426 g/mol. The van der Waals surface area contributed by atoms with Crippen molar-refractivity contribution in [3.63, 3.8) is 0 Å². The lowest BCUT2D eigenvalue weighted by molar-refractivity contribution is -0.129. The average molecular weight is 462 g/mol. The highest BCUT2D eigenvalue weighted by Crippen LogP contribution is 2.37. The fourth-order valence-corrected chi connectivity index (χ4v) is 6.61. The summed E-state index contributed by atoms with van der Waals surface area (Å²) in [5, 5.41) is 0. The van der Waals surface area contributed by atoms with Gasteiger partial charge in [0.15, 0.2) is 0 Å². The topological polar surface area (TPSA) is 78.0 Å². The quantitative estimate of drug-likeness (QED) is 0.652. The molecule has 2 saturated carbocycles. The summed E-state index contributed by atoms with van der Waals surface area (Å²) >= 11 is 0. The molecule has 3 aliphatic rings. The molecule has 2 aliphatic carbocycles. The number of amides is 2. The van der Waals surface area contributed by atoms with Crippen LogP contribution in [0.1, 0.15) is 69.2 Å². The Morgan fingerprint density at radius 2 is 1.56 bits per heavy atom. The van der Waals surface area contributed by atoms with E-state index in [4.69, 9.17) is 0 Å². The second-order valence-corrected chi connectivity index (χ2v) is 11.4. The zero-order valence-electron chi connectivity index (χ0n) is 19.2. The summed E-state index contributed by atoms with van der Waals surface area (Å²) in [6, 6.07) is 7.08. The van der Waals surface area contributed by atoms with Crippen LogP contribution in [0.4, 0.5) is 0 Å². The Kier molecular flexibility index (Phi) is 6.91. The third kappa shape index (κ3) is 4.86. The molecule has 1 aliphatic heterocycles. The van der Waals surface area contributed by atoms with E-state index in [1.165, 1.54) is 30.5 Å². The Balaban J connectivity index is 1.50. The molecule has 0 unspecified atom stereocenters. The van der Waals surface area contributed by atoms with Gasteiger partial charge in [-0.3, -0.25) is 9.59 Å². The van der Waals surface area contributed by atoms with E-state index in [0.717, 1.165) is 31.6 Å². The molecule has 0 radical (unpaired) electrons. The first-order valence-corrected chi connectivity index (χ1v) is 13.4. The molecule has 1 heterocycles. The van der Waals surface area contributed by atoms with Crippen LogP contribution in [0, 0.1) is 5.92 Å². The van der Waals surface area contributed by atoms with Gasteiger partial charge in [-0.2, -0.15) is 4.31 Å². The maximum atomic E-state index is 13.5. The van der Waals surface area contributed by atoms with Gasteiger partial charge in [-0.05, 0) is 62.6 Å². The van der Waals surface area contributed by atoms with Crippen molar-refractivity contribution in [2.24, 2.45) is 5.92 Å². The molecule has 1 aromatic carbocycles. The van der Waals surface area contributed by atoms with Gasteiger partial charge in [0.05, 0.1) is 4.90 Å². The fraction of sp³-hybridized carbons (Fsp3) is 0.667. The summed E-state index contributed by atoms with van der Waals surface area (Å²) < 4.78 is 27.9. The largest absolute Gasteiger partial charge is 0.340 e. The van der Waals surface area contributed by atoms with Crippen LogP contribution in [-0.2, 0) is 14.8 Å². The van der Waals surface area contributed by atoms with Crippen molar-refractivity contribution >= 4 is 21.8 Å². The minimum absolute atomic E-state index is 0.0362. The molecule has 32 heavy (non-hydrogen) atoms. The molecule has 0 aromatic heterocycles. The summed E-state index contributed by atoms with van der Waals surface area (Å²) in [6.45, 7) is 5.07. The third-order valence-electron chi connectivity index (χ3n) is 7.36. The molecule has 1 saturated heterocycles. The number of sulfonamides is 1. The predicted octanol–water partition coefficient (Wildman–Crippen LogP) is 3.11. The Labute approximate surface area is 191 Å². The SMILES string of the molecule is CCC1CCC(N(C(=O)c2cccc(S(=O)(=O)N3CCN(C(C)=O)CC3)c2)C2CC2)CC1. The molecule has 0 bridgehead atoms. The van der Waals surface area contributed by atoms with Crippen molar-refractivity contribution in [1.82, 2.24) is 14.1 Å². The van der Waals surface area contributed by atoms with E-state index in [1.807, 2.05) is 0 Å². The number of nitrogens with zero attached hydrogens (tertiary/aromatic N) is 3. The number of piperazine rings is 1. The Morgan fingerprint density at radius 1 is 0.969 bits per heavy atom. The van der Waals surface area contributed by atoms with E-state index in [0.29, 0.717) is 24.7 Å². The van der Waals surface area contributed by atoms with Crippen LogP contribution in [0.3, 0.4) is 0 Å². The highest BCUT2D eigenvalue weighted by molar-refractivity contribution is 7.89. The lowest BCUT2D eigenvalue weighted by atomic mass is 9.83. The zero-order valence-corrected chi connectivity index (χ0v) is 20.0. The van der Waals surface area contributed by atoms with Gasteiger partial charge < -0.3 is 9.80 Å². The lowest BCUT2D eigenvalue weighted by Gasteiger charge is -2.37. The Bertz CT molecular complexity index is 944. The highest BCUT2D eigenvalue weighted by Gasteiger charge is 2.39. The molecular formula is C24H35N3O4S. The first kappa shape index (κ1) is 23.2. The Hall–Kier alpha value is -1.93. The molecule has 0 atom stereocenters. The molecule has 8 heteroatoms. The smallest absolute Gasteiger partial charge is 0.254 e. The van der Waals surface area contributed by atoms with E-state index < -0.39 is 10.0 Å². The summed E-state index contributed by atoms with van der Waals surface area (Å²) in [4.78, 5) is 28.9. The van der Waals surface area contributed by atoms with Gasteiger partial charge in [0, 0.05) is 50.7 Å². The number of rotatable bonds is 6. The van der Waals surface area contributed by atoms with Crippen LogP contribution in [0.15, 0.2) is 29.2 Å². The van der Waals surface area contributed by atoms with Gasteiger partial charge in [-0.25, -0.2) is 8.42 Å². The van der Waals surface area contributed by atoms with Crippen LogP contribution in [0.2, 0.25) is 0 Å². The van der Waals surface area contributed by atoms with Crippen molar-refractivity contribution in [2.45, 2.75) is 75.8 Å². The summed E-state index contributed by atoms with van der Waals surface area (Å²) in [7, 11) is -3.71. The predicted molar refractivity (Wildman–Crippen MR) is 123 cm³/mol. The van der Waals surface area contributed by atoms with Gasteiger partial charge in [-0.15, -0.1) is 0 Å². The molecule has 3 fully saturated rings. The number of hydrogen-bond donors (Lipinski definition) is 0. The fourth-order valence-electron chi connectivity index (χ4n) is 5.14. The van der Waals surface area contributed by atoms with Gasteiger partial charge in [0.1, 0.15) is 0 Å². The number of hydrogen-bond acceptors (Lipinski definition) is 4. The minimum atomic E-state index is -3.71. The van der Waals surface area contributed by atoms with Crippen molar-refractivity contribution in [1.29, 1.82) is 0 Å². The van der Waals surface area contributed by atoms with Crippen LogP contribution < -0.4 is 0 Å². The maximum absolute atomic E-state index is 13.5. The van der Waals surface area contributed by atoms with Gasteiger partial charge in [0.2, 0.25) is 15.9 Å². The summed E-state index contributed by atoms with van der Waals surface area (Å²) in [6.07, 6.45) is 7.69. The second-order valence-electron chi connectivity index (χ2n) is 9.46. The van der Waals surface area contributed by atoms with E-state index in [2.05, 4.69) is 11.8 Å². The van der Waals surface area contributed by atoms with E-state index >= 15 is 0 Å². The number of carbonyl (C=O) groups is 2. The molecule has 1 aromatic rings. The maximum Gasteiger partial charge on any atom is 0.254 e. The number of carbonyl (C=O) groups excluding carboxylic acids is 2. The molecule has 7 nitrogen and oxygen atoms in total. The van der Waals surface area contributed by atoms with Crippen molar-refractivity contribution < 1.29 is 18.0 Å². The first-order chi connectivity index (χ1) is 15.3. The van der Waals surface area contributed by atoms with Crippen LogP contribution in [0.25, 0.3) is 0 Å². The highest BCUT2D eigenvalue weighted by atomic mass is 32.2. The van der Waals surface area contributed by atoms with E-state index in [9.17, 15) is 18.0 Å². The zero-order chi connectivity index (χ0) is 22.9. The van der Waals surface area contributed by atoms with Crippen LogP contribution >= 0.6 is 0 Å². The normalized spacial score (nSPS) is 24.9. The van der Waals surface area contributed by atoms with Crippen LogP contribution in [-0.4, -0.2) is 72.6 Å². The average Bonchev–Trinajstić information content (AvgIpc) is 3.65. The minimum Gasteiger partial charge on any atom is -0.340 e. The van der Waals surface area contributed by atoms with Gasteiger partial charge >= 0.3 is 0 Å². The molecule has 176 valence electrons. The molecule has 0 spiro atoms. The summed E-state index contributed by atoms with van der Waals surface area (Å²) in [5.74, 6) is 0.688.